The van der Waals surface area contributed by atoms with E-state index in [1.807, 2.05) is 12.1 Å². The van der Waals surface area contributed by atoms with Gasteiger partial charge >= 0.3 is 0 Å². The van der Waals surface area contributed by atoms with Gasteiger partial charge in [-0.15, -0.1) is 0 Å². The Morgan fingerprint density at radius 3 is 2.82 bits per heavy atom. The van der Waals surface area contributed by atoms with Crippen molar-refractivity contribution in [1.29, 1.82) is 0 Å². The number of hydrogen-bond acceptors (Lipinski definition) is 1. The normalized spacial score (nSPS) is 21.1. The molecular formula is C14H14N2O. The van der Waals surface area contributed by atoms with Crippen LogP contribution in [-0.2, 0) is 5.54 Å². The lowest BCUT2D eigenvalue weighted by Crippen LogP contribution is -2.55. The van der Waals surface area contributed by atoms with Crippen LogP contribution in [0.3, 0.4) is 0 Å². The lowest BCUT2D eigenvalue weighted by molar-refractivity contribution is 0.0763. The van der Waals surface area contributed by atoms with E-state index < -0.39 is 0 Å². The van der Waals surface area contributed by atoms with E-state index >= 15 is 0 Å². The fraction of sp³-hybridized carbons (Fsp3) is 0.357. The minimum Gasteiger partial charge on any atom is -0.348 e. The average Bonchev–Trinajstić information content (AvgIpc) is 2.69. The number of carbonyl (C=O) groups is 1. The molecule has 4 rings (SSSR count). The zero-order chi connectivity index (χ0) is 11.5. The molecule has 0 unspecified atom stereocenters. The van der Waals surface area contributed by atoms with Crippen molar-refractivity contribution < 1.29 is 4.79 Å². The molecule has 86 valence electrons. The smallest absolute Gasteiger partial charge is 0.268 e. The van der Waals surface area contributed by atoms with Crippen molar-refractivity contribution in [2.45, 2.75) is 24.8 Å². The molecule has 1 aliphatic carbocycles. The summed E-state index contributed by atoms with van der Waals surface area (Å²) in [5, 5.41) is 4.20. The van der Waals surface area contributed by atoms with Gasteiger partial charge < -0.3 is 9.88 Å². The molecule has 1 aliphatic heterocycles. The van der Waals surface area contributed by atoms with E-state index in [9.17, 15) is 4.79 Å². The number of fused-ring (bicyclic) bond motifs is 4. The first kappa shape index (κ1) is 9.28. The van der Waals surface area contributed by atoms with Gasteiger partial charge in [-0.3, -0.25) is 4.79 Å². The van der Waals surface area contributed by atoms with Crippen LogP contribution >= 0.6 is 0 Å². The molecule has 1 saturated carbocycles. The maximum Gasteiger partial charge on any atom is 0.268 e. The van der Waals surface area contributed by atoms with E-state index in [1.165, 1.54) is 30.2 Å². The molecule has 0 atom stereocenters. The quantitative estimate of drug-likeness (QED) is 0.734. The summed E-state index contributed by atoms with van der Waals surface area (Å²) in [6, 6.07) is 10.3. The number of para-hydroxylation sites is 1. The van der Waals surface area contributed by atoms with Crippen molar-refractivity contribution in [3.05, 3.63) is 36.0 Å². The summed E-state index contributed by atoms with van der Waals surface area (Å²) in [6.45, 7) is 0.789. The summed E-state index contributed by atoms with van der Waals surface area (Å²) in [4.78, 5) is 12.0. The molecule has 1 spiro atoms. The predicted molar refractivity (Wildman–Crippen MR) is 66.1 cm³/mol. The van der Waals surface area contributed by atoms with Gasteiger partial charge in [-0.1, -0.05) is 18.2 Å². The Kier molecular flexibility index (Phi) is 1.59. The van der Waals surface area contributed by atoms with Gasteiger partial charge in [-0.25, -0.2) is 0 Å². The third-order valence-electron chi connectivity index (χ3n) is 4.28. The van der Waals surface area contributed by atoms with E-state index in [0.29, 0.717) is 0 Å². The molecule has 3 heteroatoms. The van der Waals surface area contributed by atoms with Gasteiger partial charge in [0, 0.05) is 17.4 Å². The van der Waals surface area contributed by atoms with Crippen molar-refractivity contribution in [3.8, 4) is 0 Å². The van der Waals surface area contributed by atoms with Gasteiger partial charge in [-0.2, -0.15) is 0 Å². The summed E-state index contributed by atoms with van der Waals surface area (Å²) in [7, 11) is 0. The van der Waals surface area contributed by atoms with Crippen LogP contribution in [0.1, 0.15) is 29.8 Å². The van der Waals surface area contributed by atoms with Crippen molar-refractivity contribution in [1.82, 2.24) is 9.88 Å². The highest BCUT2D eigenvalue weighted by molar-refractivity contribution is 6.00. The minimum atomic E-state index is 0.0683. The molecule has 2 heterocycles. The van der Waals surface area contributed by atoms with Gasteiger partial charge in [0.2, 0.25) is 0 Å². The van der Waals surface area contributed by atoms with Gasteiger partial charge in [0.25, 0.3) is 5.91 Å². The fourth-order valence-corrected chi connectivity index (χ4v) is 3.23. The van der Waals surface area contributed by atoms with Gasteiger partial charge in [-0.05, 0) is 31.4 Å². The lowest BCUT2D eigenvalue weighted by atomic mass is 9.75. The Labute approximate surface area is 99.4 Å². The maximum atomic E-state index is 12.0. The molecule has 17 heavy (non-hydrogen) atoms. The van der Waals surface area contributed by atoms with Crippen LogP contribution in [0.2, 0.25) is 0 Å². The highest BCUT2D eigenvalue weighted by atomic mass is 16.2. The lowest BCUT2D eigenvalue weighted by Gasteiger charge is -2.47. The Hall–Kier alpha value is -1.77. The number of rotatable bonds is 0. The van der Waals surface area contributed by atoms with Crippen LogP contribution in [0.15, 0.2) is 30.3 Å². The molecule has 1 N–H and O–H groups in total. The molecule has 1 aromatic carbocycles. The third kappa shape index (κ3) is 1.04. The van der Waals surface area contributed by atoms with Gasteiger partial charge in [0.05, 0.1) is 5.54 Å². The molecule has 2 aliphatic rings. The first-order chi connectivity index (χ1) is 8.30. The minimum absolute atomic E-state index is 0.0683. The Bertz CT molecular complexity index is 622. The first-order valence-corrected chi connectivity index (χ1v) is 6.19. The van der Waals surface area contributed by atoms with Crippen LogP contribution < -0.4 is 5.32 Å². The van der Waals surface area contributed by atoms with Crippen LogP contribution in [0.5, 0.6) is 0 Å². The summed E-state index contributed by atoms with van der Waals surface area (Å²) in [5.74, 6) is 0.0683. The van der Waals surface area contributed by atoms with Crippen molar-refractivity contribution in [2.75, 3.05) is 6.54 Å². The molecule has 1 aromatic heterocycles. The monoisotopic (exact) mass is 226 g/mol. The Morgan fingerprint density at radius 2 is 2.06 bits per heavy atom. The Morgan fingerprint density at radius 1 is 1.24 bits per heavy atom. The highest BCUT2D eigenvalue weighted by Gasteiger charge is 2.44. The zero-order valence-electron chi connectivity index (χ0n) is 9.57. The van der Waals surface area contributed by atoms with Crippen LogP contribution in [0, 0.1) is 0 Å². The van der Waals surface area contributed by atoms with E-state index in [2.05, 4.69) is 28.1 Å². The topological polar surface area (TPSA) is 34.0 Å². The number of benzene rings is 1. The van der Waals surface area contributed by atoms with Crippen molar-refractivity contribution >= 4 is 16.8 Å². The molecule has 3 nitrogen and oxygen atoms in total. The number of nitrogens with zero attached hydrogens (tertiary/aromatic N) is 1. The number of hydrogen-bond donors (Lipinski definition) is 1. The van der Waals surface area contributed by atoms with Crippen molar-refractivity contribution in [3.63, 3.8) is 0 Å². The van der Waals surface area contributed by atoms with Crippen LogP contribution in [0.25, 0.3) is 10.9 Å². The van der Waals surface area contributed by atoms with E-state index in [-0.39, 0.29) is 11.4 Å². The maximum absolute atomic E-state index is 12.0. The summed E-state index contributed by atoms with van der Waals surface area (Å²) >= 11 is 0. The molecule has 1 fully saturated rings. The summed E-state index contributed by atoms with van der Waals surface area (Å²) in [6.07, 6.45) is 3.62. The summed E-state index contributed by atoms with van der Waals surface area (Å²) in [5.41, 5.74) is 2.20. The second kappa shape index (κ2) is 2.92. The average molecular weight is 226 g/mol. The first-order valence-electron chi connectivity index (χ1n) is 6.19. The van der Waals surface area contributed by atoms with Crippen LogP contribution in [-0.4, -0.2) is 17.0 Å². The van der Waals surface area contributed by atoms with Gasteiger partial charge in [0.1, 0.15) is 5.69 Å². The van der Waals surface area contributed by atoms with E-state index in [4.69, 9.17) is 0 Å². The fourth-order valence-electron chi connectivity index (χ4n) is 3.23. The standard InChI is InChI=1S/C14H14N2O/c17-13-12-8-10-4-1-2-5-11(10)16(12)14(9-15-13)6-3-7-14/h1-2,4-5,8H,3,6-7,9H2,(H,15,17). The number of nitrogens with one attached hydrogen (secondary N) is 1. The molecule has 1 amide bonds. The second-order valence-corrected chi connectivity index (χ2v) is 5.18. The molecule has 0 saturated heterocycles. The highest BCUT2D eigenvalue weighted by Crippen LogP contribution is 2.43. The second-order valence-electron chi connectivity index (χ2n) is 5.18. The SMILES string of the molecule is O=C1NCC2(CCC2)n2c1cc1ccccc12. The largest absolute Gasteiger partial charge is 0.348 e. The number of carbonyl (C=O) groups excluding carboxylic acids is 1. The molecular weight excluding hydrogens is 212 g/mol. The number of aromatic nitrogens is 1. The van der Waals surface area contributed by atoms with E-state index in [0.717, 1.165) is 12.2 Å². The zero-order valence-corrected chi connectivity index (χ0v) is 9.57. The number of amides is 1. The van der Waals surface area contributed by atoms with Crippen LogP contribution in [0.4, 0.5) is 0 Å². The molecule has 2 aromatic rings. The van der Waals surface area contributed by atoms with Crippen molar-refractivity contribution in [2.24, 2.45) is 0 Å². The Balaban J connectivity index is 2.08. The third-order valence-corrected chi connectivity index (χ3v) is 4.28. The summed E-state index contributed by atoms with van der Waals surface area (Å²) < 4.78 is 2.28. The van der Waals surface area contributed by atoms with E-state index in [1.54, 1.807) is 0 Å². The molecule has 0 radical (unpaired) electrons. The van der Waals surface area contributed by atoms with Gasteiger partial charge in [0.15, 0.2) is 0 Å². The predicted octanol–water partition coefficient (Wildman–Crippen LogP) is 2.26. The molecule has 0 bridgehead atoms.